The van der Waals surface area contributed by atoms with Crippen LogP contribution in [0.1, 0.15) is 25.3 Å². The van der Waals surface area contributed by atoms with Crippen LogP contribution in [-0.2, 0) is 13.1 Å². The molecule has 1 aromatic heterocycles. The van der Waals surface area contributed by atoms with Gasteiger partial charge in [-0.1, -0.05) is 37.1 Å². The molecule has 0 amide bonds. The monoisotopic (exact) mass is 309 g/mol. The van der Waals surface area contributed by atoms with E-state index in [4.69, 9.17) is 11.6 Å². The molecule has 2 rings (SSSR count). The fourth-order valence-corrected chi connectivity index (χ4v) is 2.07. The first-order valence-corrected chi connectivity index (χ1v) is 7.23. The zero-order chi connectivity index (χ0) is 15.2. The van der Waals surface area contributed by atoms with E-state index in [-0.39, 0.29) is 16.4 Å². The number of unbranched alkanes of at least 4 members (excludes halogenated alkanes) is 1. The van der Waals surface area contributed by atoms with Gasteiger partial charge >= 0.3 is 0 Å². The molecule has 2 aromatic rings. The second kappa shape index (κ2) is 7.22. The zero-order valence-electron chi connectivity index (χ0n) is 11.8. The minimum Gasteiger partial charge on any atom is -0.378 e. The molecule has 6 heteroatoms. The van der Waals surface area contributed by atoms with Gasteiger partial charge in [-0.2, -0.15) is 5.10 Å². The molecule has 4 nitrogen and oxygen atoms in total. The fourth-order valence-electron chi connectivity index (χ4n) is 1.86. The van der Waals surface area contributed by atoms with Gasteiger partial charge in [0.15, 0.2) is 0 Å². The van der Waals surface area contributed by atoms with Gasteiger partial charge in [0.25, 0.3) is 5.56 Å². The maximum Gasteiger partial charge on any atom is 0.287 e. The molecular formula is C15H17ClFN3O. The third-order valence-corrected chi connectivity index (χ3v) is 3.47. The van der Waals surface area contributed by atoms with Gasteiger partial charge in [0.1, 0.15) is 10.8 Å². The number of benzene rings is 1. The summed E-state index contributed by atoms with van der Waals surface area (Å²) in [5.41, 5.74) is 1.08. The smallest absolute Gasteiger partial charge is 0.287 e. The van der Waals surface area contributed by atoms with E-state index in [2.05, 4.69) is 10.4 Å². The molecule has 0 spiro atoms. The van der Waals surface area contributed by atoms with Gasteiger partial charge in [0, 0.05) is 13.1 Å². The van der Waals surface area contributed by atoms with Gasteiger partial charge in [-0.25, -0.2) is 9.07 Å². The third kappa shape index (κ3) is 4.04. The van der Waals surface area contributed by atoms with Gasteiger partial charge in [-0.05, 0) is 24.1 Å². The number of hydrogen-bond acceptors (Lipinski definition) is 3. The van der Waals surface area contributed by atoms with Crippen molar-refractivity contribution >= 4 is 17.3 Å². The van der Waals surface area contributed by atoms with Crippen LogP contribution in [-0.4, -0.2) is 9.78 Å². The summed E-state index contributed by atoms with van der Waals surface area (Å²) in [6.07, 6.45) is 3.41. The Hall–Kier alpha value is -1.88. The van der Waals surface area contributed by atoms with Crippen LogP contribution in [0.2, 0.25) is 5.02 Å². The third-order valence-electron chi connectivity index (χ3n) is 3.10. The van der Waals surface area contributed by atoms with E-state index in [0.717, 1.165) is 18.4 Å². The van der Waals surface area contributed by atoms with Crippen LogP contribution >= 0.6 is 11.6 Å². The van der Waals surface area contributed by atoms with Gasteiger partial charge in [0.2, 0.25) is 0 Å². The molecule has 112 valence electrons. The highest BCUT2D eigenvalue weighted by Gasteiger charge is 2.08. The number of anilines is 1. The number of rotatable bonds is 6. The lowest BCUT2D eigenvalue weighted by molar-refractivity contribution is 0.543. The van der Waals surface area contributed by atoms with E-state index in [1.54, 1.807) is 18.3 Å². The first-order valence-electron chi connectivity index (χ1n) is 6.85. The van der Waals surface area contributed by atoms with E-state index >= 15 is 0 Å². The first-order chi connectivity index (χ1) is 10.1. The molecule has 1 N–H and O–H groups in total. The normalized spacial score (nSPS) is 10.6. The van der Waals surface area contributed by atoms with Crippen LogP contribution in [0.3, 0.4) is 0 Å². The fraction of sp³-hybridized carbons (Fsp3) is 0.333. The summed E-state index contributed by atoms with van der Waals surface area (Å²) in [7, 11) is 0. The van der Waals surface area contributed by atoms with Crippen molar-refractivity contribution in [3.8, 4) is 0 Å². The predicted molar refractivity (Wildman–Crippen MR) is 82.1 cm³/mol. The molecule has 0 bridgehead atoms. The maximum absolute atomic E-state index is 12.8. The highest BCUT2D eigenvalue weighted by molar-refractivity contribution is 6.32. The number of nitrogens with one attached hydrogen (secondary N) is 1. The number of aryl methyl sites for hydroxylation is 1. The molecule has 0 radical (unpaired) electrons. The molecule has 0 unspecified atom stereocenters. The summed E-state index contributed by atoms with van der Waals surface area (Å²) < 4.78 is 14.2. The molecule has 0 saturated heterocycles. The average molecular weight is 310 g/mol. The molecule has 1 aromatic carbocycles. The van der Waals surface area contributed by atoms with Crippen LogP contribution in [0.15, 0.2) is 35.3 Å². The lowest BCUT2D eigenvalue weighted by atomic mass is 10.2. The topological polar surface area (TPSA) is 46.9 Å². The molecule has 0 aliphatic heterocycles. The van der Waals surface area contributed by atoms with Crippen molar-refractivity contribution in [2.45, 2.75) is 32.9 Å². The van der Waals surface area contributed by atoms with Crippen LogP contribution in [0.4, 0.5) is 10.1 Å². The number of nitrogens with zero attached hydrogens (tertiary/aromatic N) is 2. The van der Waals surface area contributed by atoms with E-state index in [1.165, 1.54) is 16.8 Å². The van der Waals surface area contributed by atoms with E-state index in [1.807, 2.05) is 6.92 Å². The highest BCUT2D eigenvalue weighted by Crippen LogP contribution is 2.16. The standard InChI is InChI=1S/C15H17ClFN3O/c1-2-3-8-20-15(21)14(16)13(10-19-20)18-9-11-4-6-12(17)7-5-11/h4-7,10,18H,2-3,8-9H2,1H3. The van der Waals surface area contributed by atoms with Crippen molar-refractivity contribution in [3.05, 3.63) is 57.2 Å². The second-order valence-electron chi connectivity index (χ2n) is 4.73. The maximum atomic E-state index is 12.8. The van der Waals surface area contributed by atoms with Gasteiger partial charge in [-0.15, -0.1) is 0 Å². The van der Waals surface area contributed by atoms with Crippen LogP contribution < -0.4 is 10.9 Å². The summed E-state index contributed by atoms with van der Waals surface area (Å²) in [6, 6.07) is 6.12. The van der Waals surface area contributed by atoms with Crippen molar-refractivity contribution in [1.29, 1.82) is 0 Å². The number of aromatic nitrogens is 2. The molecular weight excluding hydrogens is 293 g/mol. The Morgan fingerprint density at radius 3 is 2.71 bits per heavy atom. The van der Waals surface area contributed by atoms with Crippen molar-refractivity contribution < 1.29 is 4.39 Å². The minimum absolute atomic E-state index is 0.128. The Kier molecular flexibility index (Phi) is 5.33. The quantitative estimate of drug-likeness (QED) is 0.889. The van der Waals surface area contributed by atoms with Gasteiger partial charge < -0.3 is 5.32 Å². The Balaban J connectivity index is 2.08. The average Bonchev–Trinajstić information content (AvgIpc) is 2.49. The Morgan fingerprint density at radius 2 is 2.05 bits per heavy atom. The van der Waals surface area contributed by atoms with E-state index in [0.29, 0.717) is 18.8 Å². The van der Waals surface area contributed by atoms with Crippen molar-refractivity contribution in [2.75, 3.05) is 5.32 Å². The van der Waals surface area contributed by atoms with Gasteiger partial charge in [0.05, 0.1) is 11.9 Å². The summed E-state index contributed by atoms with van der Waals surface area (Å²) in [4.78, 5) is 12.0. The van der Waals surface area contributed by atoms with Crippen LogP contribution in [0.5, 0.6) is 0 Å². The van der Waals surface area contributed by atoms with Gasteiger partial charge in [-0.3, -0.25) is 4.79 Å². The molecule has 0 saturated carbocycles. The molecule has 21 heavy (non-hydrogen) atoms. The second-order valence-corrected chi connectivity index (χ2v) is 5.11. The van der Waals surface area contributed by atoms with Crippen molar-refractivity contribution in [1.82, 2.24) is 9.78 Å². The van der Waals surface area contributed by atoms with E-state index in [9.17, 15) is 9.18 Å². The molecule has 0 aliphatic carbocycles. The summed E-state index contributed by atoms with van der Waals surface area (Å²) in [5.74, 6) is -0.281. The largest absolute Gasteiger partial charge is 0.378 e. The molecule has 0 aliphatic rings. The summed E-state index contributed by atoms with van der Waals surface area (Å²) in [6.45, 7) is 3.05. The summed E-state index contributed by atoms with van der Waals surface area (Å²) in [5, 5.41) is 7.27. The number of halogens is 2. The predicted octanol–water partition coefficient (Wildman–Crippen LogP) is 3.45. The Labute approximate surface area is 127 Å². The highest BCUT2D eigenvalue weighted by atomic mass is 35.5. The first kappa shape index (κ1) is 15.5. The number of hydrogen-bond donors (Lipinski definition) is 1. The minimum atomic E-state index is -0.297. The van der Waals surface area contributed by atoms with Crippen molar-refractivity contribution in [3.63, 3.8) is 0 Å². The SMILES string of the molecule is CCCCn1ncc(NCc2ccc(F)cc2)c(Cl)c1=O. The summed E-state index contributed by atoms with van der Waals surface area (Å²) >= 11 is 6.07. The van der Waals surface area contributed by atoms with E-state index < -0.39 is 0 Å². The lowest BCUT2D eigenvalue weighted by Crippen LogP contribution is -2.24. The zero-order valence-corrected chi connectivity index (χ0v) is 12.5. The van der Waals surface area contributed by atoms with Crippen molar-refractivity contribution in [2.24, 2.45) is 0 Å². The lowest BCUT2D eigenvalue weighted by Gasteiger charge is -2.10. The molecule has 0 atom stereocenters. The molecule has 0 fully saturated rings. The van der Waals surface area contributed by atoms with Crippen LogP contribution in [0.25, 0.3) is 0 Å². The van der Waals surface area contributed by atoms with Crippen LogP contribution in [0, 0.1) is 5.82 Å². The Bertz CT molecular complexity index is 655. The molecule has 1 heterocycles. The Morgan fingerprint density at radius 1 is 1.33 bits per heavy atom.